The number of nitrogens with zero attached hydrogens (tertiary/aromatic N) is 1. The highest BCUT2D eigenvalue weighted by molar-refractivity contribution is 8.00. The van der Waals surface area contributed by atoms with E-state index in [-0.39, 0.29) is 24.1 Å². The molecule has 0 spiro atoms. The van der Waals surface area contributed by atoms with Crippen LogP contribution in [0.3, 0.4) is 0 Å². The molecule has 22 heavy (non-hydrogen) atoms. The van der Waals surface area contributed by atoms with E-state index >= 15 is 0 Å². The molecule has 0 atom stereocenters. The average molecular weight is 357 g/mol. The van der Waals surface area contributed by atoms with Crippen molar-refractivity contribution in [2.75, 3.05) is 18.2 Å². The fourth-order valence-corrected chi connectivity index (χ4v) is 3.05. The van der Waals surface area contributed by atoms with Crippen molar-refractivity contribution in [3.63, 3.8) is 0 Å². The van der Waals surface area contributed by atoms with Gasteiger partial charge < -0.3 is 10.1 Å². The largest absolute Gasteiger partial charge is 0.469 e. The summed E-state index contributed by atoms with van der Waals surface area (Å²) in [4.78, 5) is 28.1. The van der Waals surface area contributed by atoms with E-state index in [2.05, 4.69) is 15.0 Å². The molecule has 1 amide bonds. The Kier molecular flexibility index (Phi) is 6.23. The van der Waals surface area contributed by atoms with Crippen molar-refractivity contribution in [1.82, 2.24) is 4.98 Å². The highest BCUT2D eigenvalue weighted by Crippen LogP contribution is 2.21. The van der Waals surface area contributed by atoms with E-state index in [1.54, 1.807) is 17.5 Å². The monoisotopic (exact) mass is 356 g/mol. The summed E-state index contributed by atoms with van der Waals surface area (Å²) in [6.07, 6.45) is 0.0996. The van der Waals surface area contributed by atoms with Crippen LogP contribution >= 0.6 is 34.7 Å². The van der Waals surface area contributed by atoms with Crippen molar-refractivity contribution in [3.8, 4) is 0 Å². The van der Waals surface area contributed by atoms with Crippen LogP contribution in [0.5, 0.6) is 0 Å². The first-order chi connectivity index (χ1) is 10.6. The van der Waals surface area contributed by atoms with Crippen LogP contribution in [0.4, 0.5) is 5.13 Å². The van der Waals surface area contributed by atoms with E-state index in [4.69, 9.17) is 11.6 Å². The lowest BCUT2D eigenvalue weighted by atomic mass is 10.3. The third kappa shape index (κ3) is 5.32. The van der Waals surface area contributed by atoms with Crippen LogP contribution in [-0.2, 0) is 20.7 Å². The number of anilines is 1. The third-order valence-corrected chi connectivity index (χ3v) is 4.61. The molecule has 0 aliphatic rings. The third-order valence-electron chi connectivity index (χ3n) is 2.53. The first kappa shape index (κ1) is 16.8. The van der Waals surface area contributed by atoms with Gasteiger partial charge in [-0.15, -0.1) is 23.1 Å². The molecular formula is C14H13ClN2O3S2. The van der Waals surface area contributed by atoms with E-state index in [0.29, 0.717) is 15.8 Å². The maximum absolute atomic E-state index is 11.9. The Balaban J connectivity index is 1.81. The van der Waals surface area contributed by atoms with E-state index < -0.39 is 0 Å². The molecule has 116 valence electrons. The molecule has 1 aromatic carbocycles. The number of ether oxygens (including phenoxy) is 1. The van der Waals surface area contributed by atoms with Crippen LogP contribution in [0.1, 0.15) is 5.69 Å². The fourth-order valence-electron chi connectivity index (χ4n) is 1.50. The summed E-state index contributed by atoms with van der Waals surface area (Å²) in [6.45, 7) is 0. The summed E-state index contributed by atoms with van der Waals surface area (Å²) in [5.74, 6) is -0.242. The van der Waals surface area contributed by atoms with Gasteiger partial charge in [0.05, 0.1) is 25.0 Å². The van der Waals surface area contributed by atoms with Crippen molar-refractivity contribution >= 4 is 51.7 Å². The van der Waals surface area contributed by atoms with Gasteiger partial charge >= 0.3 is 5.97 Å². The zero-order valence-electron chi connectivity index (χ0n) is 11.7. The standard InChI is InChI=1S/C14H13ClN2O3S2/c1-20-13(19)6-10-7-22-14(16-10)17-12(18)8-21-11-4-2-9(15)3-5-11/h2-5,7H,6,8H2,1H3,(H,16,17,18). The number of thiazole rings is 1. The number of rotatable bonds is 6. The van der Waals surface area contributed by atoms with Crippen LogP contribution in [-0.4, -0.2) is 29.7 Å². The van der Waals surface area contributed by atoms with Gasteiger partial charge in [0.2, 0.25) is 5.91 Å². The van der Waals surface area contributed by atoms with E-state index in [0.717, 1.165) is 4.90 Å². The Hall–Kier alpha value is -1.57. The highest BCUT2D eigenvalue weighted by Gasteiger charge is 2.10. The van der Waals surface area contributed by atoms with Gasteiger partial charge in [-0.05, 0) is 24.3 Å². The Labute approximate surface area is 141 Å². The second kappa shape index (κ2) is 8.17. The molecule has 0 radical (unpaired) electrons. The second-order valence-corrected chi connectivity index (χ2v) is 6.53. The quantitative estimate of drug-likeness (QED) is 0.635. The Morgan fingerprint density at radius 1 is 1.36 bits per heavy atom. The maximum Gasteiger partial charge on any atom is 0.311 e. The molecule has 5 nitrogen and oxygen atoms in total. The number of aromatic nitrogens is 1. The summed E-state index contributed by atoms with van der Waals surface area (Å²) >= 11 is 8.49. The molecule has 0 bridgehead atoms. The smallest absolute Gasteiger partial charge is 0.311 e. The molecule has 8 heteroatoms. The molecule has 0 fully saturated rings. The zero-order valence-corrected chi connectivity index (χ0v) is 14.1. The van der Waals surface area contributed by atoms with Gasteiger partial charge in [-0.25, -0.2) is 4.98 Å². The normalized spacial score (nSPS) is 10.3. The molecule has 1 heterocycles. The number of hydrogen-bond acceptors (Lipinski definition) is 6. The lowest BCUT2D eigenvalue weighted by Crippen LogP contribution is -2.14. The number of halogens is 1. The van der Waals surface area contributed by atoms with Gasteiger partial charge in [0.1, 0.15) is 0 Å². The average Bonchev–Trinajstić information content (AvgIpc) is 2.93. The lowest BCUT2D eigenvalue weighted by Gasteiger charge is -2.02. The van der Waals surface area contributed by atoms with Crippen LogP contribution in [0.2, 0.25) is 5.02 Å². The summed E-state index contributed by atoms with van der Waals surface area (Å²) in [7, 11) is 1.32. The number of benzene rings is 1. The van der Waals surface area contributed by atoms with Crippen molar-refractivity contribution in [2.24, 2.45) is 0 Å². The number of hydrogen-bond donors (Lipinski definition) is 1. The molecule has 2 rings (SSSR count). The first-order valence-electron chi connectivity index (χ1n) is 6.26. The number of esters is 1. The second-order valence-electron chi connectivity index (χ2n) is 4.19. The van der Waals surface area contributed by atoms with Gasteiger partial charge in [-0.3, -0.25) is 9.59 Å². The van der Waals surface area contributed by atoms with Crippen molar-refractivity contribution < 1.29 is 14.3 Å². The predicted octanol–water partition coefficient (Wildman–Crippen LogP) is 3.24. The predicted molar refractivity (Wildman–Crippen MR) is 88.6 cm³/mol. The molecule has 2 aromatic rings. The number of methoxy groups -OCH3 is 1. The SMILES string of the molecule is COC(=O)Cc1csc(NC(=O)CSc2ccc(Cl)cc2)n1. The van der Waals surface area contributed by atoms with Crippen molar-refractivity contribution in [3.05, 3.63) is 40.4 Å². The first-order valence-corrected chi connectivity index (χ1v) is 8.50. The van der Waals surface area contributed by atoms with Gasteiger partial charge in [0.15, 0.2) is 5.13 Å². The Morgan fingerprint density at radius 3 is 2.77 bits per heavy atom. The number of carbonyl (C=O) groups excluding carboxylic acids is 2. The summed E-state index contributed by atoms with van der Waals surface area (Å²) in [5.41, 5.74) is 0.581. The minimum Gasteiger partial charge on any atom is -0.469 e. The molecule has 0 aliphatic carbocycles. The summed E-state index contributed by atoms with van der Waals surface area (Å²) in [5, 5.41) is 5.56. The van der Waals surface area contributed by atoms with Crippen LogP contribution in [0.25, 0.3) is 0 Å². The summed E-state index contributed by atoms with van der Waals surface area (Å²) in [6, 6.07) is 7.28. The lowest BCUT2D eigenvalue weighted by molar-refractivity contribution is -0.139. The van der Waals surface area contributed by atoms with Gasteiger partial charge in [-0.2, -0.15) is 0 Å². The molecule has 0 saturated carbocycles. The molecule has 1 N–H and O–H groups in total. The number of carbonyl (C=O) groups is 2. The number of amides is 1. The Morgan fingerprint density at radius 2 is 2.09 bits per heavy atom. The Bertz CT molecular complexity index is 658. The van der Waals surface area contributed by atoms with Crippen molar-refractivity contribution in [2.45, 2.75) is 11.3 Å². The molecule has 0 saturated heterocycles. The van der Waals surface area contributed by atoms with E-state index in [1.165, 1.54) is 30.2 Å². The van der Waals surface area contributed by atoms with Gasteiger partial charge in [0, 0.05) is 15.3 Å². The fraction of sp³-hybridized carbons (Fsp3) is 0.214. The minimum atomic E-state index is -0.360. The molecule has 0 unspecified atom stereocenters. The number of nitrogens with one attached hydrogen (secondary N) is 1. The van der Waals surface area contributed by atoms with Crippen molar-refractivity contribution in [1.29, 1.82) is 0 Å². The van der Waals surface area contributed by atoms with E-state index in [1.807, 2.05) is 12.1 Å². The molecule has 0 aliphatic heterocycles. The van der Waals surface area contributed by atoms with E-state index in [9.17, 15) is 9.59 Å². The topological polar surface area (TPSA) is 68.3 Å². The molecule has 1 aromatic heterocycles. The zero-order chi connectivity index (χ0) is 15.9. The van der Waals surface area contributed by atoms with Crippen LogP contribution in [0.15, 0.2) is 34.5 Å². The van der Waals surface area contributed by atoms with Gasteiger partial charge in [0.25, 0.3) is 0 Å². The van der Waals surface area contributed by atoms with Gasteiger partial charge in [-0.1, -0.05) is 11.6 Å². The van der Waals surface area contributed by atoms with Crippen LogP contribution < -0.4 is 5.32 Å². The minimum absolute atomic E-state index is 0.0996. The maximum atomic E-state index is 11.9. The molecular weight excluding hydrogens is 344 g/mol. The summed E-state index contributed by atoms with van der Waals surface area (Å²) < 4.78 is 4.57. The number of thioether (sulfide) groups is 1. The van der Waals surface area contributed by atoms with Crippen LogP contribution in [0, 0.1) is 0 Å². The highest BCUT2D eigenvalue weighted by atomic mass is 35.5.